The third-order valence-corrected chi connectivity index (χ3v) is 4.61. The summed E-state index contributed by atoms with van der Waals surface area (Å²) in [5.74, 6) is -2.09. The summed E-state index contributed by atoms with van der Waals surface area (Å²) < 4.78 is 34.1. The molecule has 8 nitrogen and oxygen atoms in total. The molecule has 1 aliphatic rings. The number of rotatable bonds is 4. The number of anilines is 1. The maximum absolute atomic E-state index is 14.3. The summed E-state index contributed by atoms with van der Waals surface area (Å²) in [5.41, 5.74) is 0.549. The van der Waals surface area contributed by atoms with Crippen molar-refractivity contribution in [3.63, 3.8) is 0 Å². The highest BCUT2D eigenvalue weighted by atomic mass is 19.1. The van der Waals surface area contributed by atoms with Gasteiger partial charge in [0.25, 0.3) is 11.8 Å². The first kappa shape index (κ1) is 19.5. The molecule has 0 spiro atoms. The van der Waals surface area contributed by atoms with Crippen LogP contribution in [0.5, 0.6) is 5.75 Å². The molecular formula is C20H17F2N5O3. The van der Waals surface area contributed by atoms with E-state index in [2.05, 4.69) is 15.4 Å². The minimum atomic E-state index is -1.02. The van der Waals surface area contributed by atoms with Gasteiger partial charge in [-0.3, -0.25) is 19.3 Å². The number of nitrogens with one attached hydrogen (secondary N) is 1. The van der Waals surface area contributed by atoms with Crippen molar-refractivity contribution in [1.29, 1.82) is 0 Å². The number of hydrogen-bond donors (Lipinski definition) is 1. The Hall–Kier alpha value is -3.82. The first-order valence-electron chi connectivity index (χ1n) is 9.06. The molecule has 0 saturated heterocycles. The van der Waals surface area contributed by atoms with Crippen LogP contribution in [0.1, 0.15) is 16.2 Å². The van der Waals surface area contributed by atoms with Crippen LogP contribution in [-0.2, 0) is 11.3 Å². The fourth-order valence-electron chi connectivity index (χ4n) is 3.08. The second-order valence-electron chi connectivity index (χ2n) is 6.69. The molecule has 30 heavy (non-hydrogen) atoms. The number of hydrogen-bond acceptors (Lipinski definition) is 5. The van der Waals surface area contributed by atoms with Crippen molar-refractivity contribution < 1.29 is 23.1 Å². The van der Waals surface area contributed by atoms with Gasteiger partial charge in [0.05, 0.1) is 30.3 Å². The van der Waals surface area contributed by atoms with Crippen molar-refractivity contribution in [2.75, 3.05) is 18.6 Å². The van der Waals surface area contributed by atoms with E-state index in [9.17, 15) is 18.4 Å². The van der Waals surface area contributed by atoms with E-state index in [1.54, 1.807) is 31.3 Å². The lowest BCUT2D eigenvalue weighted by molar-refractivity contribution is -0.120. The third-order valence-electron chi connectivity index (χ3n) is 4.61. The van der Waals surface area contributed by atoms with E-state index >= 15 is 0 Å². The number of amides is 2. The van der Waals surface area contributed by atoms with Crippen LogP contribution in [0.25, 0.3) is 0 Å². The van der Waals surface area contributed by atoms with Crippen LogP contribution in [0.15, 0.2) is 48.8 Å². The number of carbonyl (C=O) groups is 2. The van der Waals surface area contributed by atoms with Gasteiger partial charge in [0.15, 0.2) is 11.5 Å². The minimum Gasteiger partial charge on any atom is -0.489 e. The quantitative estimate of drug-likeness (QED) is 0.704. The standard InChI is InChI=1S/C20H17F2N5O3/c1-26-16-4-2-3-5-17(16)30-11-15(20(26)29)24-19(28)18-14(22)10-27(25-18)9-13-7-6-12(21)8-23-13/h2-8,10,15H,9,11H2,1H3,(H,24,28). The van der Waals surface area contributed by atoms with Gasteiger partial charge in [-0.1, -0.05) is 12.1 Å². The SMILES string of the molecule is CN1C(=O)C(NC(=O)c2nn(Cc3ccc(F)cn3)cc2F)COc2ccccc21. The number of ether oxygens (including phenoxy) is 1. The molecule has 10 heteroatoms. The average molecular weight is 413 g/mol. The Morgan fingerprint density at radius 1 is 1.27 bits per heavy atom. The molecule has 3 heterocycles. The Labute approximate surface area is 170 Å². The van der Waals surface area contributed by atoms with Gasteiger partial charge >= 0.3 is 0 Å². The van der Waals surface area contributed by atoms with Crippen LogP contribution in [0, 0.1) is 11.6 Å². The minimum absolute atomic E-state index is 0.0496. The lowest BCUT2D eigenvalue weighted by Gasteiger charge is -2.20. The zero-order valence-electron chi connectivity index (χ0n) is 15.9. The summed E-state index contributed by atoms with van der Waals surface area (Å²) in [4.78, 5) is 30.5. The molecule has 0 aliphatic carbocycles. The first-order chi connectivity index (χ1) is 14.4. The second-order valence-corrected chi connectivity index (χ2v) is 6.69. The highest BCUT2D eigenvalue weighted by Gasteiger charge is 2.31. The predicted octanol–water partition coefficient (Wildman–Crippen LogP) is 1.76. The summed E-state index contributed by atoms with van der Waals surface area (Å²) in [7, 11) is 1.57. The van der Waals surface area contributed by atoms with Crippen molar-refractivity contribution in [2.45, 2.75) is 12.6 Å². The summed E-state index contributed by atoms with van der Waals surface area (Å²) >= 11 is 0. The van der Waals surface area contributed by atoms with Crippen molar-refractivity contribution >= 4 is 17.5 Å². The monoisotopic (exact) mass is 413 g/mol. The molecule has 0 saturated carbocycles. The van der Waals surface area contributed by atoms with Crippen molar-refractivity contribution in [3.05, 3.63) is 71.8 Å². The highest BCUT2D eigenvalue weighted by molar-refractivity contribution is 6.02. The van der Waals surface area contributed by atoms with E-state index in [-0.39, 0.29) is 13.2 Å². The van der Waals surface area contributed by atoms with Crippen LogP contribution < -0.4 is 15.0 Å². The number of fused-ring (bicyclic) bond motifs is 1. The lowest BCUT2D eigenvalue weighted by Crippen LogP contribution is -2.49. The van der Waals surface area contributed by atoms with Crippen molar-refractivity contribution in [2.24, 2.45) is 0 Å². The van der Waals surface area contributed by atoms with E-state index in [0.717, 1.165) is 12.4 Å². The van der Waals surface area contributed by atoms with E-state index in [1.807, 2.05) is 0 Å². The van der Waals surface area contributed by atoms with Crippen LogP contribution in [-0.4, -0.2) is 46.3 Å². The average Bonchev–Trinajstić information content (AvgIpc) is 3.06. The molecule has 1 aliphatic heterocycles. The molecule has 1 atom stereocenters. The zero-order chi connectivity index (χ0) is 21.3. The normalized spacial score (nSPS) is 15.9. The molecule has 2 aromatic heterocycles. The summed E-state index contributed by atoms with van der Waals surface area (Å²) in [6, 6.07) is 8.62. The number of halogens is 2. The number of aromatic nitrogens is 3. The maximum atomic E-state index is 14.3. The van der Waals surface area contributed by atoms with Crippen molar-refractivity contribution in [3.8, 4) is 5.75 Å². The van der Waals surface area contributed by atoms with Gasteiger partial charge in [-0.05, 0) is 24.3 Å². The smallest absolute Gasteiger partial charge is 0.275 e. The van der Waals surface area contributed by atoms with Crippen LogP contribution >= 0.6 is 0 Å². The highest BCUT2D eigenvalue weighted by Crippen LogP contribution is 2.29. The molecular weight excluding hydrogens is 396 g/mol. The van der Waals surface area contributed by atoms with Gasteiger partial charge in [0, 0.05) is 7.05 Å². The van der Waals surface area contributed by atoms with Crippen LogP contribution in [0.3, 0.4) is 0 Å². The molecule has 0 fully saturated rings. The molecule has 4 rings (SSSR count). The number of pyridine rings is 1. The Morgan fingerprint density at radius 2 is 2.07 bits per heavy atom. The molecule has 154 valence electrons. The van der Waals surface area contributed by atoms with Gasteiger partial charge in [-0.15, -0.1) is 0 Å². The number of benzene rings is 1. The van der Waals surface area contributed by atoms with Crippen LogP contribution in [0.4, 0.5) is 14.5 Å². The molecule has 2 amide bonds. The van der Waals surface area contributed by atoms with Gasteiger partial charge < -0.3 is 15.0 Å². The van der Waals surface area contributed by atoms with Gasteiger partial charge in [0.2, 0.25) is 0 Å². The summed E-state index contributed by atoms with van der Waals surface area (Å²) in [6.07, 6.45) is 2.07. The largest absolute Gasteiger partial charge is 0.489 e. The fourth-order valence-corrected chi connectivity index (χ4v) is 3.08. The van der Waals surface area contributed by atoms with Crippen LogP contribution in [0.2, 0.25) is 0 Å². The lowest BCUT2D eigenvalue weighted by atomic mass is 10.2. The van der Waals surface area contributed by atoms with E-state index in [0.29, 0.717) is 17.1 Å². The molecule has 1 N–H and O–H groups in total. The Balaban J connectivity index is 1.48. The molecule has 3 aromatic rings. The number of nitrogens with zero attached hydrogens (tertiary/aromatic N) is 4. The first-order valence-corrected chi connectivity index (χ1v) is 9.06. The summed E-state index contributed by atoms with van der Waals surface area (Å²) in [5, 5.41) is 6.41. The fraction of sp³-hybridized carbons (Fsp3) is 0.200. The second kappa shape index (κ2) is 7.90. The Kier molecular flexibility index (Phi) is 5.13. The van der Waals surface area contributed by atoms with E-state index < -0.39 is 35.2 Å². The molecule has 0 radical (unpaired) electrons. The van der Waals surface area contributed by atoms with E-state index in [4.69, 9.17) is 4.74 Å². The Bertz CT molecular complexity index is 1100. The number of carbonyl (C=O) groups excluding carboxylic acids is 2. The molecule has 1 unspecified atom stereocenters. The van der Waals surface area contributed by atoms with Gasteiger partial charge in [0.1, 0.15) is 24.2 Å². The zero-order valence-corrected chi connectivity index (χ0v) is 15.9. The number of para-hydroxylation sites is 2. The molecule has 0 bridgehead atoms. The maximum Gasteiger partial charge on any atom is 0.275 e. The third kappa shape index (κ3) is 3.84. The predicted molar refractivity (Wildman–Crippen MR) is 102 cm³/mol. The van der Waals surface area contributed by atoms with Gasteiger partial charge in [-0.25, -0.2) is 8.78 Å². The molecule has 1 aromatic carbocycles. The summed E-state index contributed by atoms with van der Waals surface area (Å²) in [6.45, 7) is -0.0538. The topological polar surface area (TPSA) is 89.4 Å². The van der Waals surface area contributed by atoms with Crippen molar-refractivity contribution in [1.82, 2.24) is 20.1 Å². The van der Waals surface area contributed by atoms with E-state index in [1.165, 1.54) is 21.7 Å². The van der Waals surface area contributed by atoms with Gasteiger partial charge in [-0.2, -0.15) is 5.10 Å². The number of likely N-dealkylation sites (N-methyl/N-ethyl adjacent to an activating group) is 1. The Morgan fingerprint density at radius 3 is 2.83 bits per heavy atom.